The minimum absolute atomic E-state index is 0.652. The SMILES string of the molecule is CSc1ccc(NN)c(Cl)c1. The molecule has 0 amide bonds. The monoisotopic (exact) mass is 188 g/mol. The molecule has 0 saturated carbocycles. The van der Waals surface area contributed by atoms with E-state index in [1.165, 1.54) is 0 Å². The Hall–Kier alpha value is -0.380. The van der Waals surface area contributed by atoms with Crippen molar-refractivity contribution in [2.75, 3.05) is 11.7 Å². The molecule has 2 nitrogen and oxygen atoms in total. The molecule has 1 aromatic rings. The molecule has 0 aliphatic heterocycles. The van der Waals surface area contributed by atoms with Gasteiger partial charge < -0.3 is 5.43 Å². The van der Waals surface area contributed by atoms with E-state index < -0.39 is 0 Å². The molecular weight excluding hydrogens is 180 g/mol. The molecular formula is C7H9ClN2S. The van der Waals surface area contributed by atoms with Crippen LogP contribution in [-0.2, 0) is 0 Å². The third kappa shape index (κ3) is 2.02. The number of hydrogen-bond donors (Lipinski definition) is 2. The number of anilines is 1. The summed E-state index contributed by atoms with van der Waals surface area (Å²) in [5.74, 6) is 5.20. The van der Waals surface area contributed by atoms with Crippen molar-refractivity contribution in [2.45, 2.75) is 4.90 Å². The summed E-state index contributed by atoms with van der Waals surface area (Å²) in [5.41, 5.74) is 3.26. The van der Waals surface area contributed by atoms with E-state index in [1.54, 1.807) is 11.8 Å². The summed E-state index contributed by atoms with van der Waals surface area (Å²) in [6.07, 6.45) is 2.00. The van der Waals surface area contributed by atoms with E-state index in [0.717, 1.165) is 10.6 Å². The van der Waals surface area contributed by atoms with Crippen LogP contribution in [-0.4, -0.2) is 6.26 Å². The average molecular weight is 189 g/mol. The predicted molar refractivity (Wildman–Crippen MR) is 51.0 cm³/mol. The normalized spacial score (nSPS) is 9.73. The smallest absolute Gasteiger partial charge is 0.0672 e. The zero-order chi connectivity index (χ0) is 8.27. The Labute approximate surface area is 75.1 Å². The quantitative estimate of drug-likeness (QED) is 0.425. The first-order valence-corrected chi connectivity index (χ1v) is 4.68. The molecule has 11 heavy (non-hydrogen) atoms. The molecule has 0 unspecified atom stereocenters. The number of hydrogen-bond acceptors (Lipinski definition) is 3. The van der Waals surface area contributed by atoms with Gasteiger partial charge in [0.15, 0.2) is 0 Å². The maximum atomic E-state index is 5.85. The summed E-state index contributed by atoms with van der Waals surface area (Å²) >= 11 is 7.50. The van der Waals surface area contributed by atoms with E-state index in [4.69, 9.17) is 17.4 Å². The van der Waals surface area contributed by atoms with E-state index in [9.17, 15) is 0 Å². The highest BCUT2D eigenvalue weighted by Gasteiger charge is 1.97. The van der Waals surface area contributed by atoms with Crippen molar-refractivity contribution >= 4 is 29.1 Å². The lowest BCUT2D eigenvalue weighted by molar-refractivity contribution is 1.33. The highest BCUT2D eigenvalue weighted by atomic mass is 35.5. The fraction of sp³-hybridized carbons (Fsp3) is 0.143. The molecule has 0 fully saturated rings. The fourth-order valence-electron chi connectivity index (χ4n) is 0.740. The van der Waals surface area contributed by atoms with Crippen molar-refractivity contribution in [2.24, 2.45) is 5.84 Å². The molecule has 0 heterocycles. The maximum absolute atomic E-state index is 5.85. The zero-order valence-electron chi connectivity index (χ0n) is 6.10. The number of nitrogens with two attached hydrogens (primary N) is 1. The number of hydrazine groups is 1. The largest absolute Gasteiger partial charge is 0.323 e. The van der Waals surface area contributed by atoms with Gasteiger partial charge in [0.05, 0.1) is 10.7 Å². The molecule has 0 aromatic heterocycles. The first-order valence-electron chi connectivity index (χ1n) is 3.08. The molecule has 4 heteroatoms. The zero-order valence-corrected chi connectivity index (χ0v) is 7.67. The summed E-state index contributed by atoms with van der Waals surface area (Å²) < 4.78 is 0. The Morgan fingerprint density at radius 3 is 2.73 bits per heavy atom. The summed E-state index contributed by atoms with van der Waals surface area (Å²) in [5, 5.41) is 0.652. The van der Waals surface area contributed by atoms with E-state index in [2.05, 4.69) is 5.43 Å². The van der Waals surface area contributed by atoms with Crippen LogP contribution in [0.4, 0.5) is 5.69 Å². The van der Waals surface area contributed by atoms with Gasteiger partial charge in [0.2, 0.25) is 0 Å². The summed E-state index contributed by atoms with van der Waals surface area (Å²) in [4.78, 5) is 1.13. The Bertz CT molecular complexity index is 252. The number of nitrogen functional groups attached to an aromatic ring is 1. The summed E-state index contributed by atoms with van der Waals surface area (Å²) in [6, 6.07) is 5.70. The van der Waals surface area contributed by atoms with Crippen LogP contribution in [0.2, 0.25) is 5.02 Å². The average Bonchev–Trinajstić information content (AvgIpc) is 2.04. The van der Waals surface area contributed by atoms with Gasteiger partial charge in [-0.1, -0.05) is 11.6 Å². The lowest BCUT2D eigenvalue weighted by Crippen LogP contribution is -2.06. The van der Waals surface area contributed by atoms with Crippen LogP contribution in [0.3, 0.4) is 0 Å². The highest BCUT2D eigenvalue weighted by Crippen LogP contribution is 2.26. The minimum atomic E-state index is 0.652. The third-order valence-electron chi connectivity index (χ3n) is 1.33. The Morgan fingerprint density at radius 1 is 1.55 bits per heavy atom. The number of halogens is 1. The first-order chi connectivity index (χ1) is 5.27. The third-order valence-corrected chi connectivity index (χ3v) is 2.37. The molecule has 0 atom stereocenters. The van der Waals surface area contributed by atoms with Gasteiger partial charge in [-0.05, 0) is 24.5 Å². The molecule has 1 rings (SSSR count). The standard InChI is InChI=1S/C7H9ClN2S/c1-11-5-2-3-7(10-9)6(8)4-5/h2-4,10H,9H2,1H3. The van der Waals surface area contributed by atoms with Crippen molar-refractivity contribution in [1.29, 1.82) is 0 Å². The van der Waals surface area contributed by atoms with Crippen molar-refractivity contribution < 1.29 is 0 Å². The van der Waals surface area contributed by atoms with Crippen molar-refractivity contribution in [3.63, 3.8) is 0 Å². The molecule has 0 spiro atoms. The van der Waals surface area contributed by atoms with Crippen molar-refractivity contribution in [1.82, 2.24) is 0 Å². The Kier molecular flexibility index (Phi) is 3.05. The molecule has 1 aromatic carbocycles. The lowest BCUT2D eigenvalue weighted by atomic mass is 10.3. The second-order valence-electron chi connectivity index (χ2n) is 1.99. The van der Waals surface area contributed by atoms with E-state index in [-0.39, 0.29) is 0 Å². The van der Waals surface area contributed by atoms with E-state index >= 15 is 0 Å². The van der Waals surface area contributed by atoms with Crippen molar-refractivity contribution in [3.05, 3.63) is 23.2 Å². The van der Waals surface area contributed by atoms with Crippen LogP contribution < -0.4 is 11.3 Å². The topological polar surface area (TPSA) is 38.0 Å². The van der Waals surface area contributed by atoms with Crippen LogP contribution in [0.25, 0.3) is 0 Å². The van der Waals surface area contributed by atoms with Crippen LogP contribution in [0.15, 0.2) is 23.1 Å². The Morgan fingerprint density at radius 2 is 2.27 bits per heavy atom. The maximum Gasteiger partial charge on any atom is 0.0672 e. The number of rotatable bonds is 2. The summed E-state index contributed by atoms with van der Waals surface area (Å²) in [7, 11) is 0. The van der Waals surface area contributed by atoms with Gasteiger partial charge in [0, 0.05) is 4.90 Å². The van der Waals surface area contributed by atoms with Gasteiger partial charge in [-0.25, -0.2) is 0 Å². The second kappa shape index (κ2) is 3.85. The first kappa shape index (κ1) is 8.71. The van der Waals surface area contributed by atoms with E-state index in [1.807, 2.05) is 24.5 Å². The van der Waals surface area contributed by atoms with Gasteiger partial charge in [-0.15, -0.1) is 11.8 Å². The predicted octanol–water partition coefficient (Wildman–Crippen LogP) is 2.35. The minimum Gasteiger partial charge on any atom is -0.323 e. The van der Waals surface area contributed by atoms with Crippen molar-refractivity contribution in [3.8, 4) is 0 Å². The van der Waals surface area contributed by atoms with Gasteiger partial charge in [0.25, 0.3) is 0 Å². The molecule has 0 saturated heterocycles. The molecule has 0 aliphatic carbocycles. The number of benzene rings is 1. The van der Waals surface area contributed by atoms with Crippen LogP contribution in [0.5, 0.6) is 0 Å². The molecule has 60 valence electrons. The lowest BCUT2D eigenvalue weighted by Gasteiger charge is -2.03. The van der Waals surface area contributed by atoms with Crippen LogP contribution >= 0.6 is 23.4 Å². The highest BCUT2D eigenvalue weighted by molar-refractivity contribution is 7.98. The number of nitrogens with one attached hydrogen (secondary N) is 1. The van der Waals surface area contributed by atoms with Crippen LogP contribution in [0, 0.1) is 0 Å². The molecule has 0 radical (unpaired) electrons. The molecule has 0 bridgehead atoms. The second-order valence-corrected chi connectivity index (χ2v) is 3.28. The molecule has 3 N–H and O–H groups in total. The summed E-state index contributed by atoms with van der Waals surface area (Å²) in [6.45, 7) is 0. The number of thioether (sulfide) groups is 1. The van der Waals surface area contributed by atoms with Crippen LogP contribution in [0.1, 0.15) is 0 Å². The van der Waals surface area contributed by atoms with Gasteiger partial charge in [-0.2, -0.15) is 0 Å². The fourth-order valence-corrected chi connectivity index (χ4v) is 1.48. The van der Waals surface area contributed by atoms with E-state index in [0.29, 0.717) is 5.02 Å². The Balaban J connectivity index is 2.99. The van der Waals surface area contributed by atoms with Gasteiger partial charge in [-0.3, -0.25) is 5.84 Å². The van der Waals surface area contributed by atoms with Gasteiger partial charge >= 0.3 is 0 Å². The van der Waals surface area contributed by atoms with Gasteiger partial charge in [0.1, 0.15) is 0 Å². The molecule has 0 aliphatic rings.